The number of β-lactam (4-membered cyclic amide) rings is 1. The monoisotopic (exact) mass is 233 g/mol. The van der Waals surface area contributed by atoms with Gasteiger partial charge in [0.25, 0.3) is 5.91 Å². The molecular formula is C14H19NO2. The lowest BCUT2D eigenvalue weighted by molar-refractivity contribution is -0.155. The van der Waals surface area contributed by atoms with Gasteiger partial charge in [-0.3, -0.25) is 4.79 Å². The number of amides is 1. The Balaban J connectivity index is 1.93. The van der Waals surface area contributed by atoms with Crippen LogP contribution in [0, 0.1) is 5.41 Å². The quantitative estimate of drug-likeness (QED) is 0.812. The largest absolute Gasteiger partial charge is 0.362 e. The minimum Gasteiger partial charge on any atom is -0.362 e. The van der Waals surface area contributed by atoms with Gasteiger partial charge in [0.1, 0.15) is 0 Å². The molecule has 1 heterocycles. The zero-order valence-corrected chi connectivity index (χ0v) is 10.6. The summed E-state index contributed by atoms with van der Waals surface area (Å²) >= 11 is 0. The normalized spacial score (nSPS) is 24.1. The van der Waals surface area contributed by atoms with Crippen molar-refractivity contribution >= 4 is 5.91 Å². The van der Waals surface area contributed by atoms with E-state index in [9.17, 15) is 4.79 Å². The molecular weight excluding hydrogens is 214 g/mol. The number of ether oxygens (including phenoxy) is 1. The predicted molar refractivity (Wildman–Crippen MR) is 66.4 cm³/mol. The molecule has 17 heavy (non-hydrogen) atoms. The Morgan fingerprint density at radius 3 is 2.41 bits per heavy atom. The van der Waals surface area contributed by atoms with E-state index in [4.69, 9.17) is 4.74 Å². The van der Waals surface area contributed by atoms with Crippen LogP contribution in [-0.2, 0) is 16.1 Å². The van der Waals surface area contributed by atoms with E-state index < -0.39 is 0 Å². The van der Waals surface area contributed by atoms with Crippen LogP contribution < -0.4 is 5.32 Å². The minimum absolute atomic E-state index is 0.000793. The first-order valence-corrected chi connectivity index (χ1v) is 5.94. The summed E-state index contributed by atoms with van der Waals surface area (Å²) < 4.78 is 5.70. The van der Waals surface area contributed by atoms with Crippen molar-refractivity contribution in [3.8, 4) is 0 Å². The Hall–Kier alpha value is -1.35. The Kier molecular flexibility index (Phi) is 3.20. The Morgan fingerprint density at radius 2 is 1.88 bits per heavy atom. The van der Waals surface area contributed by atoms with Gasteiger partial charge in [-0.15, -0.1) is 0 Å². The minimum atomic E-state index is -0.310. The second-order valence-electron chi connectivity index (χ2n) is 5.57. The van der Waals surface area contributed by atoms with Gasteiger partial charge in [-0.05, 0) is 11.0 Å². The van der Waals surface area contributed by atoms with Gasteiger partial charge < -0.3 is 10.1 Å². The highest BCUT2D eigenvalue weighted by atomic mass is 16.5. The molecule has 1 amide bonds. The van der Waals surface area contributed by atoms with Crippen LogP contribution in [0.3, 0.4) is 0 Å². The third-order valence-corrected chi connectivity index (χ3v) is 3.06. The van der Waals surface area contributed by atoms with Gasteiger partial charge in [0, 0.05) is 0 Å². The lowest BCUT2D eigenvalue weighted by Crippen LogP contribution is -2.68. The molecule has 1 saturated heterocycles. The molecule has 1 N–H and O–H groups in total. The highest BCUT2D eigenvalue weighted by Crippen LogP contribution is 2.29. The fourth-order valence-corrected chi connectivity index (χ4v) is 1.97. The number of hydrogen-bond donors (Lipinski definition) is 1. The van der Waals surface area contributed by atoms with Gasteiger partial charge in [-0.2, -0.15) is 0 Å². The highest BCUT2D eigenvalue weighted by Gasteiger charge is 2.46. The molecule has 0 radical (unpaired) electrons. The summed E-state index contributed by atoms with van der Waals surface area (Å²) in [7, 11) is 0. The van der Waals surface area contributed by atoms with Crippen molar-refractivity contribution in [2.75, 3.05) is 0 Å². The van der Waals surface area contributed by atoms with Crippen molar-refractivity contribution in [3.63, 3.8) is 0 Å². The summed E-state index contributed by atoms with van der Waals surface area (Å²) in [5, 5.41) is 2.91. The topological polar surface area (TPSA) is 38.3 Å². The zero-order valence-electron chi connectivity index (χ0n) is 10.6. The van der Waals surface area contributed by atoms with Crippen molar-refractivity contribution in [1.29, 1.82) is 0 Å². The van der Waals surface area contributed by atoms with E-state index in [1.807, 2.05) is 30.3 Å². The van der Waals surface area contributed by atoms with Gasteiger partial charge in [-0.1, -0.05) is 51.1 Å². The van der Waals surface area contributed by atoms with Crippen molar-refractivity contribution in [2.45, 2.75) is 39.5 Å². The van der Waals surface area contributed by atoms with Crippen molar-refractivity contribution in [1.82, 2.24) is 5.32 Å². The standard InChI is InChI=1S/C14H19NO2/c1-14(2,3)12-11(13(16)15-12)17-9-10-7-5-4-6-8-10/h4-8,11-12H,9H2,1-3H3,(H,15,16)/t11-,12-/m1/s1. The first-order valence-electron chi connectivity index (χ1n) is 5.94. The summed E-state index contributed by atoms with van der Waals surface area (Å²) in [6, 6.07) is 10.0. The molecule has 3 heteroatoms. The second-order valence-corrected chi connectivity index (χ2v) is 5.57. The average molecular weight is 233 g/mol. The summed E-state index contributed by atoms with van der Waals surface area (Å²) in [4.78, 5) is 11.5. The molecule has 0 spiro atoms. The third kappa shape index (κ3) is 2.67. The molecule has 0 aliphatic carbocycles. The van der Waals surface area contributed by atoms with Crippen molar-refractivity contribution in [3.05, 3.63) is 35.9 Å². The van der Waals surface area contributed by atoms with Crippen LogP contribution in [0.2, 0.25) is 0 Å². The Morgan fingerprint density at radius 1 is 1.24 bits per heavy atom. The molecule has 0 unspecified atom stereocenters. The first kappa shape index (κ1) is 12.1. The summed E-state index contributed by atoms with van der Waals surface area (Å²) in [6.45, 7) is 6.81. The molecule has 1 aliphatic heterocycles. The van der Waals surface area contributed by atoms with Crippen LogP contribution >= 0.6 is 0 Å². The van der Waals surface area contributed by atoms with Crippen molar-refractivity contribution < 1.29 is 9.53 Å². The van der Waals surface area contributed by atoms with E-state index >= 15 is 0 Å². The SMILES string of the molecule is CC(C)(C)[C@@H]1NC(=O)[C@@H]1OCc1ccccc1. The maximum atomic E-state index is 11.5. The molecule has 92 valence electrons. The molecule has 1 aromatic rings. The molecule has 1 aliphatic rings. The lowest BCUT2D eigenvalue weighted by Gasteiger charge is -2.44. The average Bonchev–Trinajstić information content (AvgIpc) is 2.26. The summed E-state index contributed by atoms with van der Waals surface area (Å²) in [6.07, 6.45) is -0.310. The maximum Gasteiger partial charge on any atom is 0.251 e. The van der Waals surface area contributed by atoms with E-state index in [0.29, 0.717) is 6.61 Å². The van der Waals surface area contributed by atoms with Crippen LogP contribution in [0.4, 0.5) is 0 Å². The predicted octanol–water partition coefficient (Wildman–Crippen LogP) is 2.12. The molecule has 0 saturated carbocycles. The van der Waals surface area contributed by atoms with Crippen LogP contribution in [0.1, 0.15) is 26.3 Å². The fourth-order valence-electron chi connectivity index (χ4n) is 1.97. The van der Waals surface area contributed by atoms with E-state index in [0.717, 1.165) is 5.56 Å². The van der Waals surface area contributed by atoms with Gasteiger partial charge in [-0.25, -0.2) is 0 Å². The second kappa shape index (κ2) is 4.49. The molecule has 2 atom stereocenters. The van der Waals surface area contributed by atoms with Crippen LogP contribution in [0.25, 0.3) is 0 Å². The Labute approximate surface area is 102 Å². The summed E-state index contributed by atoms with van der Waals surface area (Å²) in [5.74, 6) is 0.000793. The zero-order chi connectivity index (χ0) is 12.5. The fraction of sp³-hybridized carbons (Fsp3) is 0.500. The smallest absolute Gasteiger partial charge is 0.251 e. The summed E-state index contributed by atoms with van der Waals surface area (Å²) in [5.41, 5.74) is 1.13. The maximum absolute atomic E-state index is 11.5. The number of carbonyl (C=O) groups excluding carboxylic acids is 1. The van der Waals surface area contributed by atoms with Gasteiger partial charge in [0.15, 0.2) is 6.10 Å². The molecule has 0 aromatic heterocycles. The van der Waals surface area contributed by atoms with Gasteiger partial charge >= 0.3 is 0 Å². The molecule has 3 nitrogen and oxygen atoms in total. The van der Waals surface area contributed by atoms with E-state index in [2.05, 4.69) is 26.1 Å². The highest BCUT2D eigenvalue weighted by molar-refractivity contribution is 5.88. The number of benzene rings is 1. The molecule has 0 bridgehead atoms. The third-order valence-electron chi connectivity index (χ3n) is 3.06. The molecule has 2 rings (SSSR count). The van der Waals surface area contributed by atoms with Gasteiger partial charge in [0.05, 0.1) is 12.6 Å². The first-order chi connectivity index (χ1) is 7.98. The molecule has 1 fully saturated rings. The number of carbonyl (C=O) groups is 1. The number of hydrogen-bond acceptors (Lipinski definition) is 2. The number of rotatable bonds is 3. The lowest BCUT2D eigenvalue weighted by atomic mass is 9.78. The van der Waals surface area contributed by atoms with Crippen molar-refractivity contribution in [2.24, 2.45) is 5.41 Å². The van der Waals surface area contributed by atoms with E-state index in [1.165, 1.54) is 0 Å². The van der Waals surface area contributed by atoms with Crippen LogP contribution in [0.15, 0.2) is 30.3 Å². The molecule has 1 aromatic carbocycles. The number of nitrogens with one attached hydrogen (secondary N) is 1. The van der Waals surface area contributed by atoms with E-state index in [1.54, 1.807) is 0 Å². The van der Waals surface area contributed by atoms with Crippen LogP contribution in [0.5, 0.6) is 0 Å². The van der Waals surface area contributed by atoms with Crippen LogP contribution in [-0.4, -0.2) is 18.1 Å². The Bertz CT molecular complexity index is 394. The van der Waals surface area contributed by atoms with Gasteiger partial charge in [0.2, 0.25) is 0 Å². The van der Waals surface area contributed by atoms with E-state index in [-0.39, 0.29) is 23.5 Å².